The number of amides is 4. The van der Waals surface area contributed by atoms with E-state index in [9.17, 15) is 27.6 Å². The lowest BCUT2D eigenvalue weighted by molar-refractivity contribution is -0.132. The maximum atomic E-state index is 13.9. The molecule has 2 aliphatic heterocycles. The first kappa shape index (κ1) is 23.1. The van der Waals surface area contributed by atoms with Gasteiger partial charge in [0.2, 0.25) is 11.8 Å². The lowest BCUT2D eigenvalue weighted by Crippen LogP contribution is -2.45. The molecule has 0 aliphatic carbocycles. The van der Waals surface area contributed by atoms with E-state index in [1.165, 1.54) is 0 Å². The third-order valence-electron chi connectivity index (χ3n) is 5.98. The van der Waals surface area contributed by atoms with Crippen molar-refractivity contribution >= 4 is 17.8 Å². The molecule has 10 heteroatoms. The van der Waals surface area contributed by atoms with Crippen LogP contribution in [0.5, 0.6) is 0 Å². The van der Waals surface area contributed by atoms with Gasteiger partial charge in [0, 0.05) is 51.1 Å². The van der Waals surface area contributed by atoms with E-state index < -0.39 is 29.5 Å². The van der Waals surface area contributed by atoms with Gasteiger partial charge >= 0.3 is 6.03 Å². The summed E-state index contributed by atoms with van der Waals surface area (Å²) >= 11 is 0. The number of nitrogens with two attached hydrogens (primary N) is 1. The van der Waals surface area contributed by atoms with Gasteiger partial charge in [-0.15, -0.1) is 0 Å². The second-order valence-electron chi connectivity index (χ2n) is 8.07. The maximum Gasteiger partial charge on any atom is 0.324 e. The average molecular weight is 440 g/mol. The molecule has 2 fully saturated rings. The molecule has 2 heterocycles. The third kappa shape index (κ3) is 5.75. The van der Waals surface area contributed by atoms with Gasteiger partial charge in [0.1, 0.15) is 5.82 Å². The van der Waals surface area contributed by atoms with Gasteiger partial charge in [0.25, 0.3) is 0 Å². The predicted octanol–water partition coefficient (Wildman–Crippen LogP) is 1.93. The number of carbonyl (C=O) groups excluding carboxylic acids is 3. The van der Waals surface area contributed by atoms with Crippen LogP contribution in [0.15, 0.2) is 12.1 Å². The minimum atomic E-state index is -1.23. The Balaban J connectivity index is 1.40. The molecule has 0 unspecified atom stereocenters. The largest absolute Gasteiger partial charge is 0.343 e. The highest BCUT2D eigenvalue weighted by molar-refractivity contribution is 5.95. The summed E-state index contributed by atoms with van der Waals surface area (Å²) in [7, 11) is 0. The summed E-state index contributed by atoms with van der Waals surface area (Å²) in [6.07, 6.45) is 2.48. The Kier molecular flexibility index (Phi) is 7.53. The molecule has 1 aromatic rings. The molecular formula is C21H27F3N4O3. The number of imide groups is 1. The minimum Gasteiger partial charge on any atom is -0.343 e. The normalized spacial score (nSPS) is 18.4. The molecule has 0 saturated carbocycles. The predicted molar refractivity (Wildman–Crippen MR) is 106 cm³/mol. The highest BCUT2D eigenvalue weighted by Crippen LogP contribution is 2.24. The molecule has 1 atom stereocenters. The molecule has 0 bridgehead atoms. The van der Waals surface area contributed by atoms with Crippen molar-refractivity contribution in [3.8, 4) is 0 Å². The summed E-state index contributed by atoms with van der Waals surface area (Å²) in [6.45, 7) is 1.52. The Morgan fingerprint density at radius 2 is 1.77 bits per heavy atom. The number of carbonyl (C=O) groups is 3. The number of urea groups is 1. The van der Waals surface area contributed by atoms with Gasteiger partial charge in [0.05, 0.1) is 0 Å². The minimum absolute atomic E-state index is 0.0254. The number of hydrogen-bond acceptors (Lipinski definition) is 4. The molecule has 7 nitrogen and oxygen atoms in total. The molecule has 0 spiro atoms. The van der Waals surface area contributed by atoms with Crippen LogP contribution in [0.3, 0.4) is 0 Å². The van der Waals surface area contributed by atoms with Crippen LogP contribution in [0.25, 0.3) is 0 Å². The van der Waals surface area contributed by atoms with Crippen molar-refractivity contribution in [1.82, 2.24) is 15.1 Å². The van der Waals surface area contributed by atoms with E-state index in [0.29, 0.717) is 51.4 Å². The fourth-order valence-corrected chi connectivity index (χ4v) is 4.11. The Morgan fingerprint density at radius 1 is 1.10 bits per heavy atom. The second-order valence-corrected chi connectivity index (χ2v) is 8.07. The van der Waals surface area contributed by atoms with E-state index in [4.69, 9.17) is 5.73 Å². The summed E-state index contributed by atoms with van der Waals surface area (Å²) in [5.41, 5.74) is 6.22. The van der Waals surface area contributed by atoms with E-state index in [2.05, 4.69) is 5.32 Å². The third-order valence-corrected chi connectivity index (χ3v) is 5.98. The standard InChI is InChI=1S/C21H27F3N4O3/c22-15-12-17(24)16(23)10-14(15)11-18(25)13-4-8-27(9-5-13)19(29)3-6-26-21(31)28-7-1-2-20(28)30/h10,12-13,18H,1-9,11,25H2,(H,26,31)/t18-/m1/s1. The van der Waals surface area contributed by atoms with Crippen LogP contribution >= 0.6 is 0 Å². The number of benzene rings is 1. The van der Waals surface area contributed by atoms with E-state index in [-0.39, 0.29) is 42.7 Å². The van der Waals surface area contributed by atoms with Crippen LogP contribution in [-0.2, 0) is 16.0 Å². The number of hydrogen-bond donors (Lipinski definition) is 2. The molecule has 0 aromatic heterocycles. The van der Waals surface area contributed by atoms with Gasteiger partial charge in [-0.3, -0.25) is 14.5 Å². The van der Waals surface area contributed by atoms with Crippen LogP contribution in [-0.4, -0.2) is 59.9 Å². The molecule has 0 radical (unpaired) electrons. The van der Waals surface area contributed by atoms with Crippen LogP contribution in [0.2, 0.25) is 0 Å². The summed E-state index contributed by atoms with van der Waals surface area (Å²) < 4.78 is 40.3. The SMILES string of the molecule is N[C@H](Cc1cc(F)c(F)cc1F)C1CCN(C(=O)CCNC(=O)N2CCCC2=O)CC1. The van der Waals surface area contributed by atoms with Gasteiger partial charge < -0.3 is 16.0 Å². The highest BCUT2D eigenvalue weighted by Gasteiger charge is 2.29. The molecule has 1 aromatic carbocycles. The van der Waals surface area contributed by atoms with Crippen molar-refractivity contribution in [3.05, 3.63) is 35.1 Å². The summed E-state index contributed by atoms with van der Waals surface area (Å²) in [5, 5.41) is 2.60. The average Bonchev–Trinajstić information content (AvgIpc) is 3.18. The van der Waals surface area contributed by atoms with E-state index in [1.807, 2.05) is 0 Å². The van der Waals surface area contributed by atoms with E-state index in [1.54, 1.807) is 4.90 Å². The number of rotatable bonds is 6. The van der Waals surface area contributed by atoms with Crippen LogP contribution in [0.1, 0.15) is 37.7 Å². The van der Waals surface area contributed by atoms with E-state index in [0.717, 1.165) is 11.0 Å². The van der Waals surface area contributed by atoms with Crippen LogP contribution in [0.4, 0.5) is 18.0 Å². The quantitative estimate of drug-likeness (QED) is 0.661. The van der Waals surface area contributed by atoms with Crippen molar-refractivity contribution in [3.63, 3.8) is 0 Å². The molecule has 3 rings (SSSR count). The maximum absolute atomic E-state index is 13.9. The Morgan fingerprint density at radius 3 is 2.42 bits per heavy atom. The molecule has 4 amide bonds. The van der Waals surface area contributed by atoms with Crippen molar-refractivity contribution in [1.29, 1.82) is 0 Å². The number of nitrogens with zero attached hydrogens (tertiary/aromatic N) is 2. The first-order valence-electron chi connectivity index (χ1n) is 10.5. The number of halogens is 3. The number of piperidine rings is 1. The first-order valence-corrected chi connectivity index (χ1v) is 10.5. The second kappa shape index (κ2) is 10.1. The van der Waals surface area contributed by atoms with Gasteiger partial charge in [-0.2, -0.15) is 0 Å². The van der Waals surface area contributed by atoms with E-state index >= 15 is 0 Å². The topological polar surface area (TPSA) is 95.7 Å². The highest BCUT2D eigenvalue weighted by atomic mass is 19.2. The van der Waals surface area contributed by atoms with Gasteiger partial charge in [-0.1, -0.05) is 0 Å². The first-order chi connectivity index (χ1) is 14.8. The summed E-state index contributed by atoms with van der Waals surface area (Å²) in [5.74, 6) is -3.44. The molecule has 170 valence electrons. The molecule has 2 saturated heterocycles. The fraction of sp³-hybridized carbons (Fsp3) is 0.571. The smallest absolute Gasteiger partial charge is 0.324 e. The van der Waals surface area contributed by atoms with Gasteiger partial charge in [0.15, 0.2) is 11.6 Å². The van der Waals surface area contributed by atoms with Gasteiger partial charge in [-0.25, -0.2) is 18.0 Å². The zero-order chi connectivity index (χ0) is 22.5. The molecule has 2 aliphatic rings. The zero-order valence-electron chi connectivity index (χ0n) is 17.2. The number of nitrogens with one attached hydrogen (secondary N) is 1. The summed E-state index contributed by atoms with van der Waals surface area (Å²) in [4.78, 5) is 38.7. The zero-order valence-corrected chi connectivity index (χ0v) is 17.2. The van der Waals surface area contributed by atoms with Gasteiger partial charge in [-0.05, 0) is 43.2 Å². The molecule has 3 N–H and O–H groups in total. The lowest BCUT2D eigenvalue weighted by Gasteiger charge is -2.35. The Bertz CT molecular complexity index is 843. The number of likely N-dealkylation sites (tertiary alicyclic amines) is 2. The fourth-order valence-electron chi connectivity index (χ4n) is 4.11. The molecule has 31 heavy (non-hydrogen) atoms. The molecular weight excluding hydrogens is 413 g/mol. The van der Waals surface area contributed by atoms with Crippen LogP contribution < -0.4 is 11.1 Å². The lowest BCUT2D eigenvalue weighted by atomic mass is 9.86. The van der Waals surface area contributed by atoms with Crippen molar-refractivity contribution < 1.29 is 27.6 Å². The summed E-state index contributed by atoms with van der Waals surface area (Å²) in [6, 6.07) is 0.461. The van der Waals surface area contributed by atoms with Crippen molar-refractivity contribution in [2.75, 3.05) is 26.2 Å². The van der Waals surface area contributed by atoms with Crippen LogP contribution in [0, 0.1) is 23.4 Å². The van der Waals surface area contributed by atoms with Crippen molar-refractivity contribution in [2.45, 2.75) is 44.6 Å². The van der Waals surface area contributed by atoms with Crippen molar-refractivity contribution in [2.24, 2.45) is 11.7 Å². The Hall–Kier alpha value is -2.62. The monoisotopic (exact) mass is 440 g/mol. The Labute approximate surface area is 178 Å².